The van der Waals surface area contributed by atoms with Crippen LogP contribution >= 0.6 is 0 Å². The zero-order valence-electron chi connectivity index (χ0n) is 14.5. The van der Waals surface area contributed by atoms with Gasteiger partial charge in [-0.25, -0.2) is 4.79 Å². The minimum atomic E-state index is -0.141. The Labute approximate surface area is 138 Å². The van der Waals surface area contributed by atoms with E-state index in [9.17, 15) is 9.59 Å². The molecular weight excluding hydrogens is 290 g/mol. The van der Waals surface area contributed by atoms with Crippen molar-refractivity contribution in [1.82, 2.24) is 9.80 Å². The lowest BCUT2D eigenvalue weighted by Gasteiger charge is -2.33. The van der Waals surface area contributed by atoms with Gasteiger partial charge in [-0.3, -0.25) is 4.79 Å². The summed E-state index contributed by atoms with van der Waals surface area (Å²) < 4.78 is 0. The molecule has 126 valence electrons. The van der Waals surface area contributed by atoms with Gasteiger partial charge >= 0.3 is 6.03 Å². The third kappa shape index (κ3) is 4.47. The van der Waals surface area contributed by atoms with Crippen LogP contribution in [0, 0.1) is 5.92 Å². The van der Waals surface area contributed by atoms with E-state index >= 15 is 0 Å². The number of likely N-dealkylation sites (tertiary alicyclic amines) is 1. The molecule has 2 rings (SSSR count). The Morgan fingerprint density at radius 1 is 1.22 bits per heavy atom. The molecule has 0 aromatic heterocycles. The lowest BCUT2D eigenvalue weighted by atomic mass is 9.97. The SMILES string of the molecule is CC(C)c1ccc(NC(=O)[C@@H]2CCCN(C(=O)N(C)C)C2)cc1. The van der Waals surface area contributed by atoms with E-state index in [0.717, 1.165) is 25.1 Å². The van der Waals surface area contributed by atoms with E-state index in [1.807, 2.05) is 24.3 Å². The summed E-state index contributed by atoms with van der Waals surface area (Å²) in [6.07, 6.45) is 1.69. The van der Waals surface area contributed by atoms with Gasteiger partial charge in [-0.1, -0.05) is 26.0 Å². The number of carbonyl (C=O) groups is 2. The molecular formula is C18H27N3O2. The van der Waals surface area contributed by atoms with Crippen LogP contribution in [-0.2, 0) is 4.79 Å². The van der Waals surface area contributed by atoms with Gasteiger partial charge in [-0.2, -0.15) is 0 Å². The van der Waals surface area contributed by atoms with Crippen LogP contribution in [0.3, 0.4) is 0 Å². The van der Waals surface area contributed by atoms with Crippen LogP contribution in [0.5, 0.6) is 0 Å². The molecule has 0 radical (unpaired) electrons. The Hall–Kier alpha value is -2.04. The number of nitrogens with zero attached hydrogens (tertiary/aromatic N) is 2. The summed E-state index contributed by atoms with van der Waals surface area (Å²) in [5, 5.41) is 2.98. The van der Waals surface area contributed by atoms with E-state index in [1.54, 1.807) is 23.9 Å². The maximum atomic E-state index is 12.5. The first kappa shape index (κ1) is 17.3. The van der Waals surface area contributed by atoms with E-state index in [0.29, 0.717) is 12.5 Å². The van der Waals surface area contributed by atoms with Gasteiger partial charge in [0.2, 0.25) is 5.91 Å². The second kappa shape index (κ2) is 7.49. The molecule has 0 unspecified atom stereocenters. The molecule has 5 heteroatoms. The monoisotopic (exact) mass is 317 g/mol. The van der Waals surface area contributed by atoms with Crippen LogP contribution in [0.15, 0.2) is 24.3 Å². The van der Waals surface area contributed by atoms with E-state index in [-0.39, 0.29) is 17.9 Å². The van der Waals surface area contributed by atoms with Crippen LogP contribution < -0.4 is 5.32 Å². The number of hydrogen-bond acceptors (Lipinski definition) is 2. The first-order valence-electron chi connectivity index (χ1n) is 8.25. The zero-order chi connectivity index (χ0) is 17.0. The van der Waals surface area contributed by atoms with Crippen molar-refractivity contribution in [2.24, 2.45) is 5.92 Å². The molecule has 1 aromatic rings. The van der Waals surface area contributed by atoms with Crippen molar-refractivity contribution in [2.45, 2.75) is 32.6 Å². The zero-order valence-corrected chi connectivity index (χ0v) is 14.5. The van der Waals surface area contributed by atoms with Crippen LogP contribution in [0.4, 0.5) is 10.5 Å². The fourth-order valence-corrected chi connectivity index (χ4v) is 2.84. The minimum Gasteiger partial charge on any atom is -0.331 e. The Bertz CT molecular complexity index is 552. The van der Waals surface area contributed by atoms with Gasteiger partial charge in [0.05, 0.1) is 5.92 Å². The fourth-order valence-electron chi connectivity index (χ4n) is 2.84. The standard InChI is InChI=1S/C18H27N3O2/c1-13(2)14-7-9-16(10-8-14)19-17(22)15-6-5-11-21(12-15)18(23)20(3)4/h7-10,13,15H,5-6,11-12H2,1-4H3,(H,19,22)/t15-/m1/s1. The summed E-state index contributed by atoms with van der Waals surface area (Å²) in [7, 11) is 3.48. The van der Waals surface area contributed by atoms with Crippen molar-refractivity contribution in [2.75, 3.05) is 32.5 Å². The fraction of sp³-hybridized carbons (Fsp3) is 0.556. The van der Waals surface area contributed by atoms with Crippen molar-refractivity contribution in [3.05, 3.63) is 29.8 Å². The van der Waals surface area contributed by atoms with E-state index in [1.165, 1.54) is 5.56 Å². The quantitative estimate of drug-likeness (QED) is 0.931. The smallest absolute Gasteiger partial charge is 0.319 e. The summed E-state index contributed by atoms with van der Waals surface area (Å²) in [6, 6.07) is 7.95. The average molecular weight is 317 g/mol. The van der Waals surface area contributed by atoms with Crippen molar-refractivity contribution in [3.8, 4) is 0 Å². The van der Waals surface area contributed by atoms with Crippen LogP contribution in [0.2, 0.25) is 0 Å². The Morgan fingerprint density at radius 3 is 2.43 bits per heavy atom. The number of nitrogens with one attached hydrogen (secondary N) is 1. The average Bonchev–Trinajstić information content (AvgIpc) is 2.54. The van der Waals surface area contributed by atoms with Crippen molar-refractivity contribution >= 4 is 17.6 Å². The molecule has 1 N–H and O–H groups in total. The van der Waals surface area contributed by atoms with Gasteiger partial charge in [-0.15, -0.1) is 0 Å². The summed E-state index contributed by atoms with van der Waals surface area (Å²) in [6.45, 7) is 5.51. The topological polar surface area (TPSA) is 52.7 Å². The van der Waals surface area contributed by atoms with Gasteiger partial charge in [-0.05, 0) is 36.5 Å². The molecule has 0 saturated carbocycles. The van der Waals surface area contributed by atoms with Gasteiger partial charge in [0, 0.05) is 32.9 Å². The lowest BCUT2D eigenvalue weighted by molar-refractivity contribution is -0.121. The maximum Gasteiger partial charge on any atom is 0.319 e. The normalized spacial score (nSPS) is 18.0. The van der Waals surface area contributed by atoms with E-state index in [4.69, 9.17) is 0 Å². The number of benzene rings is 1. The summed E-state index contributed by atoms with van der Waals surface area (Å²) in [4.78, 5) is 27.8. The van der Waals surface area contributed by atoms with Crippen molar-refractivity contribution < 1.29 is 9.59 Å². The minimum absolute atomic E-state index is 0.00134. The van der Waals surface area contributed by atoms with Crippen LogP contribution in [0.25, 0.3) is 0 Å². The predicted molar refractivity (Wildman–Crippen MR) is 92.5 cm³/mol. The first-order valence-corrected chi connectivity index (χ1v) is 8.25. The third-order valence-corrected chi connectivity index (χ3v) is 4.29. The molecule has 1 aliphatic rings. The summed E-state index contributed by atoms with van der Waals surface area (Å²) in [5.74, 6) is 0.333. The van der Waals surface area contributed by atoms with E-state index < -0.39 is 0 Å². The first-order chi connectivity index (χ1) is 10.9. The molecule has 1 atom stereocenters. The molecule has 0 bridgehead atoms. The highest BCUT2D eigenvalue weighted by molar-refractivity contribution is 5.93. The molecule has 0 aliphatic carbocycles. The summed E-state index contributed by atoms with van der Waals surface area (Å²) >= 11 is 0. The largest absolute Gasteiger partial charge is 0.331 e. The Kier molecular flexibility index (Phi) is 5.64. The number of urea groups is 1. The predicted octanol–water partition coefficient (Wildman–Crippen LogP) is 3.14. The number of carbonyl (C=O) groups excluding carboxylic acids is 2. The van der Waals surface area contributed by atoms with Gasteiger partial charge in [0.1, 0.15) is 0 Å². The number of amides is 3. The number of piperidine rings is 1. The summed E-state index contributed by atoms with van der Waals surface area (Å²) in [5.41, 5.74) is 2.07. The lowest BCUT2D eigenvalue weighted by Crippen LogP contribution is -2.47. The molecule has 3 amide bonds. The van der Waals surface area contributed by atoms with Crippen molar-refractivity contribution in [1.29, 1.82) is 0 Å². The Balaban J connectivity index is 1.96. The maximum absolute atomic E-state index is 12.5. The molecule has 1 aromatic carbocycles. The highest BCUT2D eigenvalue weighted by atomic mass is 16.2. The molecule has 5 nitrogen and oxygen atoms in total. The highest BCUT2D eigenvalue weighted by Crippen LogP contribution is 2.21. The molecule has 23 heavy (non-hydrogen) atoms. The van der Waals surface area contributed by atoms with E-state index in [2.05, 4.69) is 19.2 Å². The molecule has 1 fully saturated rings. The molecule has 1 heterocycles. The van der Waals surface area contributed by atoms with Crippen LogP contribution in [-0.4, -0.2) is 48.9 Å². The molecule has 1 saturated heterocycles. The molecule has 0 spiro atoms. The highest BCUT2D eigenvalue weighted by Gasteiger charge is 2.29. The number of anilines is 1. The number of hydrogen-bond donors (Lipinski definition) is 1. The molecule has 1 aliphatic heterocycles. The third-order valence-electron chi connectivity index (χ3n) is 4.29. The van der Waals surface area contributed by atoms with Crippen LogP contribution in [0.1, 0.15) is 38.2 Å². The second-order valence-corrected chi connectivity index (χ2v) is 6.73. The number of rotatable bonds is 3. The van der Waals surface area contributed by atoms with Gasteiger partial charge in [0.25, 0.3) is 0 Å². The van der Waals surface area contributed by atoms with Crippen molar-refractivity contribution in [3.63, 3.8) is 0 Å². The second-order valence-electron chi connectivity index (χ2n) is 6.73. The van der Waals surface area contributed by atoms with Gasteiger partial charge in [0.15, 0.2) is 0 Å². The Morgan fingerprint density at radius 2 is 1.87 bits per heavy atom. The van der Waals surface area contributed by atoms with Gasteiger partial charge < -0.3 is 15.1 Å².